The van der Waals surface area contributed by atoms with Crippen LogP contribution < -0.4 is 5.73 Å². The van der Waals surface area contributed by atoms with Crippen LogP contribution in [0.3, 0.4) is 0 Å². The lowest BCUT2D eigenvalue weighted by atomic mass is 9.84. The van der Waals surface area contributed by atoms with E-state index in [9.17, 15) is 0 Å². The maximum Gasteiger partial charge on any atom is 0.145 e. The number of anilines is 1. The second-order valence-electron chi connectivity index (χ2n) is 5.18. The van der Waals surface area contributed by atoms with Crippen molar-refractivity contribution >= 4 is 5.82 Å². The van der Waals surface area contributed by atoms with Crippen LogP contribution in [-0.4, -0.2) is 9.55 Å². The molecule has 0 spiro atoms. The molecule has 82 valence electrons. The van der Waals surface area contributed by atoms with Crippen LogP contribution in [0.2, 0.25) is 0 Å². The van der Waals surface area contributed by atoms with Crippen LogP contribution in [0, 0.1) is 5.92 Å². The highest BCUT2D eigenvalue weighted by molar-refractivity contribution is 5.39. The van der Waals surface area contributed by atoms with Gasteiger partial charge in [0, 0.05) is 12.5 Å². The highest BCUT2D eigenvalue weighted by Crippen LogP contribution is 2.38. The van der Waals surface area contributed by atoms with Crippen molar-refractivity contribution in [2.24, 2.45) is 5.92 Å². The standard InChI is InChI=1S/C12H19N3/c1-8-5-6-15-10(7-8)11(13)14-12(15)9-3-2-4-9/h8-9H,2-7,13H2,1H3. The number of aromatic nitrogens is 2. The highest BCUT2D eigenvalue weighted by Gasteiger charge is 2.29. The average molecular weight is 205 g/mol. The van der Waals surface area contributed by atoms with Gasteiger partial charge in [-0.25, -0.2) is 4.98 Å². The summed E-state index contributed by atoms with van der Waals surface area (Å²) in [7, 11) is 0. The summed E-state index contributed by atoms with van der Waals surface area (Å²) < 4.78 is 2.40. The molecule has 1 aliphatic carbocycles. The van der Waals surface area contributed by atoms with Crippen molar-refractivity contribution in [2.75, 3.05) is 5.73 Å². The molecule has 3 heteroatoms. The van der Waals surface area contributed by atoms with Crippen LogP contribution in [0.1, 0.15) is 50.0 Å². The van der Waals surface area contributed by atoms with Crippen molar-refractivity contribution in [3.63, 3.8) is 0 Å². The number of imidazole rings is 1. The van der Waals surface area contributed by atoms with Gasteiger partial charge in [-0.15, -0.1) is 0 Å². The fourth-order valence-corrected chi connectivity index (χ4v) is 2.75. The molecule has 15 heavy (non-hydrogen) atoms. The molecule has 1 saturated carbocycles. The van der Waals surface area contributed by atoms with Gasteiger partial charge in [-0.1, -0.05) is 13.3 Å². The first kappa shape index (κ1) is 9.25. The summed E-state index contributed by atoms with van der Waals surface area (Å²) in [5.41, 5.74) is 7.31. The van der Waals surface area contributed by atoms with Crippen molar-refractivity contribution in [1.82, 2.24) is 9.55 Å². The van der Waals surface area contributed by atoms with Crippen molar-refractivity contribution in [3.8, 4) is 0 Å². The zero-order valence-electron chi connectivity index (χ0n) is 9.37. The molecule has 1 unspecified atom stereocenters. The minimum absolute atomic E-state index is 0.703. The average Bonchev–Trinajstić information content (AvgIpc) is 2.41. The Labute approximate surface area is 90.7 Å². The number of hydrogen-bond acceptors (Lipinski definition) is 2. The van der Waals surface area contributed by atoms with Crippen molar-refractivity contribution in [2.45, 2.75) is 51.5 Å². The molecular formula is C12H19N3. The first-order chi connectivity index (χ1) is 7.25. The largest absolute Gasteiger partial charge is 0.382 e. The third kappa shape index (κ3) is 1.36. The summed E-state index contributed by atoms with van der Waals surface area (Å²) in [5, 5.41) is 0. The van der Waals surface area contributed by atoms with Gasteiger partial charge in [0.2, 0.25) is 0 Å². The number of nitrogens with zero attached hydrogens (tertiary/aromatic N) is 2. The minimum Gasteiger partial charge on any atom is -0.382 e. The van der Waals surface area contributed by atoms with Gasteiger partial charge in [0.05, 0.1) is 5.69 Å². The number of fused-ring (bicyclic) bond motifs is 1. The van der Waals surface area contributed by atoms with E-state index in [0.717, 1.165) is 24.7 Å². The van der Waals surface area contributed by atoms with E-state index in [4.69, 9.17) is 5.73 Å². The highest BCUT2D eigenvalue weighted by atomic mass is 15.1. The Hall–Kier alpha value is -0.990. The van der Waals surface area contributed by atoms with Crippen molar-refractivity contribution in [1.29, 1.82) is 0 Å². The number of hydrogen-bond donors (Lipinski definition) is 1. The van der Waals surface area contributed by atoms with Crippen LogP contribution in [0.5, 0.6) is 0 Å². The first-order valence-electron chi connectivity index (χ1n) is 6.10. The van der Waals surface area contributed by atoms with E-state index in [1.54, 1.807) is 0 Å². The van der Waals surface area contributed by atoms with Crippen LogP contribution >= 0.6 is 0 Å². The number of nitrogen functional groups attached to an aromatic ring is 1. The smallest absolute Gasteiger partial charge is 0.145 e. The SMILES string of the molecule is CC1CCn2c(C3CCC3)nc(N)c2C1. The third-order valence-electron chi connectivity index (χ3n) is 3.99. The zero-order valence-corrected chi connectivity index (χ0v) is 9.37. The Morgan fingerprint density at radius 2 is 2.13 bits per heavy atom. The van der Waals surface area contributed by atoms with Gasteiger partial charge < -0.3 is 10.3 Å². The Kier molecular flexibility index (Phi) is 2.01. The van der Waals surface area contributed by atoms with Crippen LogP contribution in [-0.2, 0) is 13.0 Å². The van der Waals surface area contributed by atoms with Gasteiger partial charge >= 0.3 is 0 Å². The van der Waals surface area contributed by atoms with Gasteiger partial charge in [0.15, 0.2) is 0 Å². The molecule has 0 saturated heterocycles. The van der Waals surface area contributed by atoms with E-state index in [2.05, 4.69) is 16.5 Å². The molecule has 0 bridgehead atoms. The molecule has 0 amide bonds. The fraction of sp³-hybridized carbons (Fsp3) is 0.750. The maximum atomic E-state index is 6.01. The Morgan fingerprint density at radius 1 is 1.33 bits per heavy atom. The summed E-state index contributed by atoms with van der Waals surface area (Å²) in [6, 6.07) is 0. The van der Waals surface area contributed by atoms with E-state index >= 15 is 0 Å². The second kappa shape index (κ2) is 3.26. The molecule has 2 aliphatic rings. The van der Waals surface area contributed by atoms with Crippen molar-refractivity contribution in [3.05, 3.63) is 11.5 Å². The molecule has 1 aromatic heterocycles. The summed E-state index contributed by atoms with van der Waals surface area (Å²) in [5.74, 6) is 3.55. The van der Waals surface area contributed by atoms with E-state index in [1.165, 1.54) is 37.2 Å². The second-order valence-corrected chi connectivity index (χ2v) is 5.18. The fourth-order valence-electron chi connectivity index (χ4n) is 2.75. The van der Waals surface area contributed by atoms with Crippen LogP contribution in [0.4, 0.5) is 5.82 Å². The first-order valence-corrected chi connectivity index (χ1v) is 6.10. The molecule has 0 aromatic carbocycles. The lowest BCUT2D eigenvalue weighted by molar-refractivity contribution is 0.356. The molecular weight excluding hydrogens is 186 g/mol. The summed E-state index contributed by atoms with van der Waals surface area (Å²) >= 11 is 0. The lowest BCUT2D eigenvalue weighted by Crippen LogP contribution is -2.22. The zero-order chi connectivity index (χ0) is 10.4. The van der Waals surface area contributed by atoms with Crippen molar-refractivity contribution < 1.29 is 0 Å². The van der Waals surface area contributed by atoms with Gasteiger partial charge in [0.1, 0.15) is 11.6 Å². The lowest BCUT2D eigenvalue weighted by Gasteiger charge is -2.28. The summed E-state index contributed by atoms with van der Waals surface area (Å²) in [4.78, 5) is 4.59. The molecule has 3 nitrogen and oxygen atoms in total. The van der Waals surface area contributed by atoms with E-state index in [0.29, 0.717) is 5.92 Å². The molecule has 3 rings (SSSR count). The van der Waals surface area contributed by atoms with E-state index in [1.807, 2.05) is 0 Å². The Bertz CT molecular complexity index is 376. The molecule has 1 atom stereocenters. The molecule has 1 fully saturated rings. The molecule has 2 heterocycles. The molecule has 1 aliphatic heterocycles. The van der Waals surface area contributed by atoms with Gasteiger partial charge in [-0.2, -0.15) is 0 Å². The quantitative estimate of drug-likeness (QED) is 0.764. The topological polar surface area (TPSA) is 43.8 Å². The normalized spacial score (nSPS) is 26.1. The van der Waals surface area contributed by atoms with Gasteiger partial charge in [-0.05, 0) is 31.6 Å². The Morgan fingerprint density at radius 3 is 2.80 bits per heavy atom. The number of rotatable bonds is 1. The van der Waals surface area contributed by atoms with Crippen LogP contribution in [0.25, 0.3) is 0 Å². The molecule has 2 N–H and O–H groups in total. The summed E-state index contributed by atoms with van der Waals surface area (Å²) in [6.07, 6.45) is 6.38. The van der Waals surface area contributed by atoms with E-state index < -0.39 is 0 Å². The van der Waals surface area contributed by atoms with Crippen LogP contribution in [0.15, 0.2) is 0 Å². The predicted octanol–water partition coefficient (Wildman–Crippen LogP) is 2.32. The molecule has 1 aromatic rings. The van der Waals surface area contributed by atoms with Gasteiger partial charge in [0.25, 0.3) is 0 Å². The predicted molar refractivity (Wildman–Crippen MR) is 60.7 cm³/mol. The number of nitrogens with two attached hydrogens (primary N) is 1. The maximum absolute atomic E-state index is 6.01. The van der Waals surface area contributed by atoms with Gasteiger partial charge in [-0.3, -0.25) is 0 Å². The minimum atomic E-state index is 0.703. The molecule has 0 radical (unpaired) electrons. The third-order valence-corrected chi connectivity index (χ3v) is 3.99. The Balaban J connectivity index is 1.99. The summed E-state index contributed by atoms with van der Waals surface area (Å²) in [6.45, 7) is 3.44. The van der Waals surface area contributed by atoms with E-state index in [-0.39, 0.29) is 0 Å². The monoisotopic (exact) mass is 205 g/mol.